The van der Waals surface area contributed by atoms with Crippen molar-refractivity contribution >= 4 is 17.7 Å². The number of carbonyl (C=O) groups is 2. The quantitative estimate of drug-likeness (QED) is 0.550. The molecule has 2 atom stereocenters. The number of carbonyl (C=O) groups excluding carboxylic acids is 2. The summed E-state index contributed by atoms with van der Waals surface area (Å²) >= 11 is 0. The van der Waals surface area contributed by atoms with Gasteiger partial charge in [-0.05, 0) is 77.1 Å². The van der Waals surface area contributed by atoms with Gasteiger partial charge in [-0.15, -0.1) is 0 Å². The third-order valence-electron chi connectivity index (χ3n) is 6.92. The zero-order chi connectivity index (χ0) is 26.7. The van der Waals surface area contributed by atoms with Gasteiger partial charge in [-0.2, -0.15) is 0 Å². The number of likely N-dealkylation sites (tertiary alicyclic amines) is 1. The number of ether oxygens (including phenoxy) is 2. The maximum absolute atomic E-state index is 13.2. The fourth-order valence-corrected chi connectivity index (χ4v) is 5.25. The summed E-state index contributed by atoms with van der Waals surface area (Å²) in [5.41, 5.74) is 3.62. The van der Waals surface area contributed by atoms with Gasteiger partial charge in [-0.25, -0.2) is 4.79 Å². The van der Waals surface area contributed by atoms with Crippen LogP contribution in [0.4, 0.5) is 10.5 Å². The zero-order valence-electron chi connectivity index (χ0n) is 23.0. The third-order valence-corrected chi connectivity index (χ3v) is 6.92. The average molecular weight is 508 g/mol. The summed E-state index contributed by atoms with van der Waals surface area (Å²) in [5, 5.41) is 3.75. The van der Waals surface area contributed by atoms with E-state index < -0.39 is 5.60 Å². The highest BCUT2D eigenvalue weighted by molar-refractivity contribution is 5.96. The highest BCUT2D eigenvalue weighted by Gasteiger charge is 2.37. The number of aryl methyl sites for hydroxylation is 1. The van der Waals surface area contributed by atoms with Crippen molar-refractivity contribution in [2.45, 2.75) is 90.6 Å². The molecule has 0 aromatic heterocycles. The van der Waals surface area contributed by atoms with Gasteiger partial charge in [0.25, 0.3) is 0 Å². The van der Waals surface area contributed by atoms with Gasteiger partial charge in [0.2, 0.25) is 5.91 Å². The molecule has 0 spiro atoms. The average Bonchev–Trinajstić information content (AvgIpc) is 2.84. The van der Waals surface area contributed by atoms with Crippen LogP contribution in [0.1, 0.15) is 76.6 Å². The van der Waals surface area contributed by atoms with Crippen molar-refractivity contribution in [3.63, 3.8) is 0 Å². The molecule has 2 aliphatic heterocycles. The molecular weight excluding hydrogens is 466 g/mol. The Morgan fingerprint density at radius 1 is 1.14 bits per heavy atom. The van der Waals surface area contributed by atoms with E-state index in [9.17, 15) is 9.59 Å². The molecule has 37 heavy (non-hydrogen) atoms. The Kier molecular flexibility index (Phi) is 8.12. The summed E-state index contributed by atoms with van der Waals surface area (Å²) in [7, 11) is 1.84. The van der Waals surface area contributed by atoms with Crippen molar-refractivity contribution in [1.29, 1.82) is 0 Å². The van der Waals surface area contributed by atoms with Crippen LogP contribution in [0.5, 0.6) is 5.75 Å². The van der Waals surface area contributed by atoms with Gasteiger partial charge in [-0.1, -0.05) is 30.3 Å². The Morgan fingerprint density at radius 3 is 2.54 bits per heavy atom. The monoisotopic (exact) mass is 507 g/mol. The van der Waals surface area contributed by atoms with Crippen LogP contribution in [0.3, 0.4) is 0 Å². The number of nitrogens with one attached hydrogen (secondary N) is 1. The minimum Gasteiger partial charge on any atom is -0.491 e. The molecule has 0 aliphatic carbocycles. The summed E-state index contributed by atoms with van der Waals surface area (Å²) in [6.07, 6.45) is 2.81. The molecule has 1 fully saturated rings. The van der Waals surface area contributed by atoms with E-state index in [2.05, 4.69) is 29.6 Å². The fraction of sp³-hybridized carbons (Fsp3) is 0.533. The van der Waals surface area contributed by atoms with Crippen LogP contribution in [0.15, 0.2) is 42.5 Å². The fourth-order valence-electron chi connectivity index (χ4n) is 5.25. The number of anilines is 1. The number of fused-ring (bicyclic) bond motifs is 1. The second-order valence-electron chi connectivity index (χ2n) is 11.4. The molecule has 2 heterocycles. The predicted octanol–water partition coefficient (Wildman–Crippen LogP) is 5.61. The molecule has 2 aromatic rings. The first-order valence-corrected chi connectivity index (χ1v) is 13.4. The van der Waals surface area contributed by atoms with E-state index in [0.717, 1.165) is 47.4 Å². The van der Waals surface area contributed by atoms with Crippen LogP contribution in [0, 0.1) is 0 Å². The Labute approximate surface area is 221 Å². The van der Waals surface area contributed by atoms with Crippen molar-refractivity contribution in [2.75, 3.05) is 18.5 Å². The number of piperidine rings is 1. The summed E-state index contributed by atoms with van der Waals surface area (Å²) < 4.78 is 12.0. The molecule has 1 N–H and O–H groups in total. The van der Waals surface area contributed by atoms with Crippen LogP contribution < -0.4 is 15.0 Å². The lowest BCUT2D eigenvalue weighted by atomic mass is 9.90. The SMILES string of the molecule is CC(C)Oc1cc2c(cc1CNC1CCCN(C(=O)OC(C)(C)C)C1c1ccccc1)N(C)C(=O)CC2. The molecule has 0 bridgehead atoms. The van der Waals surface area contributed by atoms with E-state index in [0.29, 0.717) is 19.5 Å². The summed E-state index contributed by atoms with van der Waals surface area (Å²) in [4.78, 5) is 29.2. The van der Waals surface area contributed by atoms with Crippen molar-refractivity contribution in [1.82, 2.24) is 10.2 Å². The normalized spacial score (nSPS) is 20.1. The van der Waals surface area contributed by atoms with Crippen LogP contribution >= 0.6 is 0 Å². The molecule has 7 heteroatoms. The first kappa shape index (κ1) is 27.0. The summed E-state index contributed by atoms with van der Waals surface area (Å²) in [6, 6.07) is 14.2. The maximum atomic E-state index is 13.2. The van der Waals surface area contributed by atoms with E-state index in [4.69, 9.17) is 9.47 Å². The van der Waals surface area contributed by atoms with Crippen LogP contribution in [0.2, 0.25) is 0 Å². The van der Waals surface area contributed by atoms with Gasteiger partial charge in [0, 0.05) is 43.9 Å². The lowest BCUT2D eigenvalue weighted by Crippen LogP contribution is -2.51. The Bertz CT molecular complexity index is 1110. The smallest absolute Gasteiger partial charge is 0.410 e. The Hall–Kier alpha value is -3.06. The number of hydrogen-bond acceptors (Lipinski definition) is 5. The van der Waals surface area contributed by atoms with Gasteiger partial charge in [0.05, 0.1) is 12.1 Å². The highest BCUT2D eigenvalue weighted by Crippen LogP contribution is 2.36. The molecule has 200 valence electrons. The van der Waals surface area contributed by atoms with E-state index in [1.165, 1.54) is 0 Å². The number of benzene rings is 2. The molecule has 2 amide bonds. The zero-order valence-corrected chi connectivity index (χ0v) is 23.0. The van der Waals surface area contributed by atoms with Crippen molar-refractivity contribution in [2.24, 2.45) is 0 Å². The van der Waals surface area contributed by atoms with Crippen LogP contribution in [-0.2, 0) is 22.5 Å². The topological polar surface area (TPSA) is 71.1 Å². The summed E-state index contributed by atoms with van der Waals surface area (Å²) in [6.45, 7) is 11.0. The molecule has 2 aliphatic rings. The van der Waals surface area contributed by atoms with Crippen LogP contribution in [-0.4, -0.2) is 48.2 Å². The Balaban J connectivity index is 1.62. The van der Waals surface area contributed by atoms with E-state index in [1.54, 1.807) is 4.90 Å². The highest BCUT2D eigenvalue weighted by atomic mass is 16.6. The number of rotatable bonds is 6. The largest absolute Gasteiger partial charge is 0.491 e. The molecule has 1 saturated heterocycles. The summed E-state index contributed by atoms with van der Waals surface area (Å²) in [5.74, 6) is 0.980. The first-order chi connectivity index (χ1) is 17.5. The minimum atomic E-state index is -0.561. The van der Waals surface area contributed by atoms with Gasteiger partial charge in [0.15, 0.2) is 0 Å². The van der Waals surface area contributed by atoms with Gasteiger partial charge < -0.3 is 19.7 Å². The maximum Gasteiger partial charge on any atom is 0.410 e. The lowest BCUT2D eigenvalue weighted by molar-refractivity contribution is -0.118. The van der Waals surface area contributed by atoms with E-state index >= 15 is 0 Å². The molecular formula is C30H41N3O4. The molecule has 0 saturated carbocycles. The van der Waals surface area contributed by atoms with E-state index in [-0.39, 0.29) is 30.2 Å². The Morgan fingerprint density at radius 2 is 1.86 bits per heavy atom. The third kappa shape index (κ3) is 6.45. The second-order valence-corrected chi connectivity index (χ2v) is 11.4. The number of nitrogens with zero attached hydrogens (tertiary/aromatic N) is 2. The molecule has 0 radical (unpaired) electrons. The lowest BCUT2D eigenvalue weighted by Gasteiger charge is -2.42. The number of hydrogen-bond donors (Lipinski definition) is 1. The van der Waals surface area contributed by atoms with Crippen molar-refractivity contribution in [3.8, 4) is 5.75 Å². The molecule has 2 unspecified atom stereocenters. The first-order valence-electron chi connectivity index (χ1n) is 13.4. The van der Waals surface area contributed by atoms with Crippen molar-refractivity contribution < 1.29 is 19.1 Å². The second kappa shape index (κ2) is 11.1. The van der Waals surface area contributed by atoms with Crippen LogP contribution in [0.25, 0.3) is 0 Å². The van der Waals surface area contributed by atoms with E-state index in [1.807, 2.05) is 64.8 Å². The van der Waals surface area contributed by atoms with Gasteiger partial charge >= 0.3 is 6.09 Å². The van der Waals surface area contributed by atoms with Gasteiger partial charge in [0.1, 0.15) is 11.4 Å². The molecule has 2 aromatic carbocycles. The standard InChI is InChI=1S/C30H41N3O4/c1-20(2)36-26-18-22-14-15-27(34)32(6)25(22)17-23(26)19-31-24-13-10-16-33(29(35)37-30(3,4)5)28(24)21-11-8-7-9-12-21/h7-9,11-12,17-18,20,24,28,31H,10,13-16,19H2,1-6H3. The minimum absolute atomic E-state index is 0.0333. The van der Waals surface area contributed by atoms with Gasteiger partial charge in [-0.3, -0.25) is 9.69 Å². The molecule has 4 rings (SSSR count). The number of amides is 2. The molecule has 7 nitrogen and oxygen atoms in total. The predicted molar refractivity (Wildman–Crippen MR) is 146 cm³/mol. The van der Waals surface area contributed by atoms with Crippen molar-refractivity contribution in [3.05, 3.63) is 59.2 Å².